The molecule has 0 aliphatic rings. The van der Waals surface area contributed by atoms with Gasteiger partial charge in [-0.1, -0.05) is 0 Å². The van der Waals surface area contributed by atoms with E-state index in [2.05, 4.69) is 10.1 Å². The number of furan rings is 1. The number of anilines is 1. The van der Waals surface area contributed by atoms with Crippen LogP contribution in [0.3, 0.4) is 0 Å². The smallest absolute Gasteiger partial charge is 0.341 e. The number of hydrogen-bond donors (Lipinski definition) is 2. The highest BCUT2D eigenvalue weighted by molar-refractivity contribution is 5.91. The summed E-state index contributed by atoms with van der Waals surface area (Å²) in [5.74, 6) is -4.70. The molecule has 0 aliphatic heterocycles. The van der Waals surface area contributed by atoms with Gasteiger partial charge in [-0.15, -0.1) is 0 Å². The van der Waals surface area contributed by atoms with Gasteiger partial charge in [-0.05, 0) is 19.1 Å². The topological polar surface area (TPSA) is 73.0 Å². The van der Waals surface area contributed by atoms with Crippen LogP contribution >= 0.6 is 0 Å². The van der Waals surface area contributed by atoms with E-state index in [1.807, 2.05) is 0 Å². The molecular formula is C17H18F3N2O4+. The number of quaternary nitrogens is 1. The van der Waals surface area contributed by atoms with Gasteiger partial charge in [0.15, 0.2) is 29.8 Å². The molecule has 0 saturated carbocycles. The lowest BCUT2D eigenvalue weighted by atomic mass is 10.2. The van der Waals surface area contributed by atoms with Gasteiger partial charge in [0.25, 0.3) is 5.91 Å². The second kappa shape index (κ2) is 8.05. The summed E-state index contributed by atoms with van der Waals surface area (Å²) in [6, 6.07) is 3.20. The van der Waals surface area contributed by atoms with Crippen LogP contribution in [0.5, 0.6) is 0 Å². The molecule has 2 rings (SSSR count). The Kier molecular flexibility index (Phi) is 6.04. The van der Waals surface area contributed by atoms with E-state index < -0.39 is 35.0 Å². The molecule has 6 nitrogen and oxygen atoms in total. The van der Waals surface area contributed by atoms with Gasteiger partial charge in [0.2, 0.25) is 0 Å². The molecule has 1 atom stereocenters. The van der Waals surface area contributed by atoms with Gasteiger partial charge < -0.3 is 19.4 Å². The zero-order valence-electron chi connectivity index (χ0n) is 14.4. The number of benzene rings is 1. The van der Waals surface area contributed by atoms with E-state index in [4.69, 9.17) is 4.42 Å². The molecule has 140 valence electrons. The molecule has 0 aliphatic carbocycles. The summed E-state index contributed by atoms with van der Waals surface area (Å²) in [4.78, 5) is 24.2. The molecule has 0 saturated heterocycles. The van der Waals surface area contributed by atoms with E-state index in [1.54, 1.807) is 14.0 Å². The van der Waals surface area contributed by atoms with Gasteiger partial charge in [-0.25, -0.2) is 18.0 Å². The molecule has 26 heavy (non-hydrogen) atoms. The lowest BCUT2D eigenvalue weighted by Crippen LogP contribution is -3.08. The van der Waals surface area contributed by atoms with Crippen molar-refractivity contribution in [2.24, 2.45) is 0 Å². The highest BCUT2D eigenvalue weighted by Crippen LogP contribution is 2.19. The monoisotopic (exact) mass is 371 g/mol. The molecule has 0 fully saturated rings. The fourth-order valence-electron chi connectivity index (χ4n) is 2.39. The van der Waals surface area contributed by atoms with Gasteiger partial charge in [0.1, 0.15) is 17.9 Å². The average molecular weight is 371 g/mol. The van der Waals surface area contributed by atoms with Crippen LogP contribution in [0.4, 0.5) is 18.9 Å². The largest absolute Gasteiger partial charge is 0.465 e. The predicted molar refractivity (Wildman–Crippen MR) is 85.2 cm³/mol. The molecule has 1 amide bonds. The summed E-state index contributed by atoms with van der Waals surface area (Å²) >= 11 is 0. The lowest BCUT2D eigenvalue weighted by Gasteiger charge is -2.13. The summed E-state index contributed by atoms with van der Waals surface area (Å²) in [6.45, 7) is 1.79. The van der Waals surface area contributed by atoms with Gasteiger partial charge in [0, 0.05) is 6.07 Å². The first-order chi connectivity index (χ1) is 12.2. The van der Waals surface area contributed by atoms with Gasteiger partial charge in [-0.3, -0.25) is 4.79 Å². The second-order valence-electron chi connectivity index (χ2n) is 5.76. The number of carbonyl (C=O) groups excluding carboxylic acids is 2. The molecular weight excluding hydrogens is 353 g/mol. The number of rotatable bonds is 6. The number of carbonyl (C=O) groups is 2. The molecule has 1 heterocycles. The number of halogens is 3. The number of likely N-dealkylation sites (N-methyl/N-ethyl adjacent to an activating group) is 1. The van der Waals surface area contributed by atoms with Gasteiger partial charge in [0.05, 0.1) is 19.8 Å². The molecule has 9 heteroatoms. The Morgan fingerprint density at radius 3 is 2.58 bits per heavy atom. The summed E-state index contributed by atoms with van der Waals surface area (Å²) in [6.07, 6.45) is 0. The van der Waals surface area contributed by atoms with E-state index in [1.165, 1.54) is 13.2 Å². The highest BCUT2D eigenvalue weighted by atomic mass is 19.2. The molecule has 0 radical (unpaired) electrons. The number of methoxy groups -OCH3 is 1. The van der Waals surface area contributed by atoms with Crippen LogP contribution in [0.25, 0.3) is 0 Å². The Labute approximate surface area is 147 Å². The molecule has 2 aromatic rings. The first-order valence-electron chi connectivity index (χ1n) is 7.65. The Morgan fingerprint density at radius 1 is 1.23 bits per heavy atom. The molecule has 1 aromatic carbocycles. The first-order valence-corrected chi connectivity index (χ1v) is 7.65. The van der Waals surface area contributed by atoms with E-state index in [9.17, 15) is 22.8 Å². The number of ether oxygens (including phenoxy) is 1. The molecule has 1 unspecified atom stereocenters. The van der Waals surface area contributed by atoms with E-state index >= 15 is 0 Å². The van der Waals surface area contributed by atoms with E-state index in [0.29, 0.717) is 22.0 Å². The Balaban J connectivity index is 1.98. The van der Waals surface area contributed by atoms with Crippen LogP contribution in [-0.2, 0) is 16.1 Å². The van der Waals surface area contributed by atoms with Crippen molar-refractivity contribution in [3.8, 4) is 0 Å². The maximum Gasteiger partial charge on any atom is 0.341 e. The molecule has 2 N–H and O–H groups in total. The van der Waals surface area contributed by atoms with Crippen LogP contribution in [0, 0.1) is 24.4 Å². The third-order valence-electron chi connectivity index (χ3n) is 3.62. The van der Waals surface area contributed by atoms with Crippen molar-refractivity contribution in [1.82, 2.24) is 0 Å². The minimum Gasteiger partial charge on any atom is -0.465 e. The van der Waals surface area contributed by atoms with Crippen LogP contribution in [0.15, 0.2) is 22.6 Å². The quantitative estimate of drug-likeness (QED) is 0.596. The number of amides is 1. The number of esters is 1. The van der Waals surface area contributed by atoms with E-state index in [-0.39, 0.29) is 13.1 Å². The zero-order valence-corrected chi connectivity index (χ0v) is 14.4. The number of nitrogens with one attached hydrogen (secondary N) is 2. The lowest BCUT2D eigenvalue weighted by molar-refractivity contribution is -0.886. The molecule has 1 aromatic heterocycles. The van der Waals surface area contributed by atoms with Crippen molar-refractivity contribution in [3.05, 3.63) is 52.7 Å². The summed E-state index contributed by atoms with van der Waals surface area (Å²) in [7, 11) is 2.93. The third kappa shape index (κ3) is 4.42. The Hall–Kier alpha value is -2.81. The van der Waals surface area contributed by atoms with Gasteiger partial charge in [-0.2, -0.15) is 0 Å². The van der Waals surface area contributed by atoms with Crippen molar-refractivity contribution >= 4 is 17.6 Å². The number of hydrogen-bond acceptors (Lipinski definition) is 4. The predicted octanol–water partition coefficient (Wildman–Crippen LogP) is 1.45. The Bertz CT molecular complexity index is 836. The van der Waals surface area contributed by atoms with Crippen molar-refractivity contribution < 1.29 is 36.8 Å². The molecule has 0 spiro atoms. The van der Waals surface area contributed by atoms with Crippen molar-refractivity contribution in [2.45, 2.75) is 13.5 Å². The van der Waals surface area contributed by atoms with Crippen molar-refractivity contribution in [3.63, 3.8) is 0 Å². The summed E-state index contributed by atoms with van der Waals surface area (Å²) in [5.41, 5.74) is -0.146. The minimum atomic E-state index is -1.65. The Morgan fingerprint density at radius 2 is 1.92 bits per heavy atom. The van der Waals surface area contributed by atoms with Gasteiger partial charge >= 0.3 is 5.97 Å². The standard InChI is InChI=1S/C17H17F3N2O4/c1-9-11(17(24)25-3)6-10(26-9)7-22(2)8-14(23)21-13-5-4-12(18)15(19)16(13)20/h4-6H,7-8H2,1-3H3,(H,21,23)/p+1. The van der Waals surface area contributed by atoms with Crippen LogP contribution in [0.2, 0.25) is 0 Å². The summed E-state index contributed by atoms with van der Waals surface area (Å²) < 4.78 is 49.7. The molecule has 0 bridgehead atoms. The first kappa shape index (κ1) is 19.5. The van der Waals surface area contributed by atoms with E-state index in [0.717, 1.165) is 12.1 Å². The van der Waals surface area contributed by atoms with Crippen molar-refractivity contribution in [2.75, 3.05) is 26.0 Å². The number of aryl methyl sites for hydroxylation is 1. The van der Waals surface area contributed by atoms with Crippen LogP contribution < -0.4 is 10.2 Å². The van der Waals surface area contributed by atoms with Crippen LogP contribution in [-0.4, -0.2) is 32.6 Å². The fraction of sp³-hybridized carbons (Fsp3) is 0.294. The maximum atomic E-state index is 13.6. The normalized spacial score (nSPS) is 11.9. The zero-order chi connectivity index (χ0) is 19.4. The SMILES string of the molecule is COC(=O)c1cc(C[NH+](C)CC(=O)Nc2ccc(F)c(F)c2F)oc1C. The van der Waals surface area contributed by atoms with Crippen LogP contribution in [0.1, 0.15) is 21.9 Å². The van der Waals surface area contributed by atoms with Crippen molar-refractivity contribution in [1.29, 1.82) is 0 Å². The second-order valence-corrected chi connectivity index (χ2v) is 5.76. The third-order valence-corrected chi connectivity index (χ3v) is 3.62. The maximum absolute atomic E-state index is 13.6. The summed E-state index contributed by atoms with van der Waals surface area (Å²) in [5, 5.41) is 2.19. The average Bonchev–Trinajstić information content (AvgIpc) is 2.94. The minimum absolute atomic E-state index is 0.0915. The highest BCUT2D eigenvalue weighted by Gasteiger charge is 2.20. The fourth-order valence-corrected chi connectivity index (χ4v) is 2.39.